The summed E-state index contributed by atoms with van der Waals surface area (Å²) >= 11 is 0. The Bertz CT molecular complexity index is 1310. The van der Waals surface area contributed by atoms with Gasteiger partial charge in [-0.1, -0.05) is 12.5 Å². The summed E-state index contributed by atoms with van der Waals surface area (Å²) in [6.45, 7) is 7.58. The van der Waals surface area contributed by atoms with Crippen LogP contribution in [0, 0.1) is 12.7 Å². The Morgan fingerprint density at radius 3 is 2.59 bits per heavy atom. The highest BCUT2D eigenvalue weighted by Gasteiger charge is 2.31. The highest BCUT2D eigenvalue weighted by atomic mass is 19.1. The minimum atomic E-state index is -0.491. The number of anilines is 2. The van der Waals surface area contributed by atoms with Gasteiger partial charge in [0.05, 0.1) is 17.1 Å². The number of hydrogen-bond donors (Lipinski definition) is 1. The van der Waals surface area contributed by atoms with Gasteiger partial charge < -0.3 is 14.8 Å². The highest BCUT2D eigenvalue weighted by Crippen LogP contribution is 2.38. The molecule has 37 heavy (non-hydrogen) atoms. The van der Waals surface area contributed by atoms with Crippen LogP contribution in [0.3, 0.4) is 0 Å². The number of rotatable bonds is 7. The molecule has 2 aliphatic rings. The first-order chi connectivity index (χ1) is 17.9. The van der Waals surface area contributed by atoms with Gasteiger partial charge in [0.25, 0.3) is 0 Å². The first-order valence-corrected chi connectivity index (χ1v) is 13.1. The lowest BCUT2D eigenvalue weighted by atomic mass is 10.1. The zero-order chi connectivity index (χ0) is 25.9. The number of nitrogens with one attached hydrogen (secondary N) is 1. The van der Waals surface area contributed by atoms with Crippen molar-refractivity contribution >= 4 is 23.5 Å². The standard InChI is InChI=1S/C28H33FN6O2/c1-19-8-6-9-23(30-19)26-27(35-17-16-34(20(2)36)28(35)32-26)21-11-12-22(29)24(18-21)31-25(37)10-7-15-33-13-4-3-5-14-33/h6,8-9,11-12,18H,3-5,7,10,13-17H2,1-2H3,(H,31,37). The minimum Gasteiger partial charge on any atom is -0.324 e. The van der Waals surface area contributed by atoms with Crippen LogP contribution in [0.1, 0.15) is 44.7 Å². The van der Waals surface area contributed by atoms with Crippen molar-refractivity contribution in [3.63, 3.8) is 0 Å². The van der Waals surface area contributed by atoms with Crippen LogP contribution in [0.15, 0.2) is 36.4 Å². The minimum absolute atomic E-state index is 0.0873. The molecule has 0 atom stereocenters. The van der Waals surface area contributed by atoms with Gasteiger partial charge in [-0.2, -0.15) is 0 Å². The molecule has 0 aliphatic carbocycles. The monoisotopic (exact) mass is 504 g/mol. The van der Waals surface area contributed by atoms with Crippen molar-refractivity contribution in [3.05, 3.63) is 47.9 Å². The van der Waals surface area contributed by atoms with Crippen LogP contribution in [0.2, 0.25) is 0 Å². The number of fused-ring (bicyclic) bond motifs is 1. The molecule has 0 radical (unpaired) electrons. The summed E-state index contributed by atoms with van der Waals surface area (Å²) in [7, 11) is 0. The average molecular weight is 505 g/mol. The van der Waals surface area contributed by atoms with E-state index in [1.54, 1.807) is 17.0 Å². The zero-order valence-corrected chi connectivity index (χ0v) is 21.5. The molecule has 1 N–H and O–H groups in total. The van der Waals surface area contributed by atoms with Gasteiger partial charge in [-0.05, 0) is 76.2 Å². The number of hydrogen-bond acceptors (Lipinski definition) is 5. The first-order valence-electron chi connectivity index (χ1n) is 13.1. The molecule has 1 saturated heterocycles. The van der Waals surface area contributed by atoms with E-state index in [0.29, 0.717) is 42.4 Å². The summed E-state index contributed by atoms with van der Waals surface area (Å²) in [5.74, 6) is -0.228. The second kappa shape index (κ2) is 10.8. The second-order valence-corrected chi connectivity index (χ2v) is 9.84. The maximum absolute atomic E-state index is 14.8. The van der Waals surface area contributed by atoms with E-state index in [2.05, 4.69) is 15.2 Å². The number of benzene rings is 1. The van der Waals surface area contributed by atoms with Gasteiger partial charge in [0.2, 0.25) is 17.8 Å². The molecular formula is C28H33FN6O2. The third-order valence-corrected chi connectivity index (χ3v) is 7.09. The average Bonchev–Trinajstić information content (AvgIpc) is 3.46. The Kier molecular flexibility index (Phi) is 7.32. The molecule has 1 fully saturated rings. The predicted octanol–water partition coefficient (Wildman–Crippen LogP) is 4.63. The molecule has 8 nitrogen and oxygen atoms in total. The largest absolute Gasteiger partial charge is 0.324 e. The maximum atomic E-state index is 14.8. The van der Waals surface area contributed by atoms with Crippen LogP contribution in [-0.4, -0.2) is 57.4 Å². The lowest BCUT2D eigenvalue weighted by Crippen LogP contribution is -2.31. The van der Waals surface area contributed by atoms with Gasteiger partial charge in [-0.3, -0.25) is 19.5 Å². The fourth-order valence-corrected chi connectivity index (χ4v) is 5.23. The molecule has 3 aromatic rings. The molecule has 0 bridgehead atoms. The van der Waals surface area contributed by atoms with Crippen molar-refractivity contribution in [2.24, 2.45) is 0 Å². The summed E-state index contributed by atoms with van der Waals surface area (Å²) in [6.07, 6.45) is 4.79. The fourth-order valence-electron chi connectivity index (χ4n) is 5.23. The molecule has 0 unspecified atom stereocenters. The molecule has 4 heterocycles. The fraction of sp³-hybridized carbons (Fsp3) is 0.429. The third-order valence-electron chi connectivity index (χ3n) is 7.09. The third kappa shape index (κ3) is 5.41. The van der Waals surface area contributed by atoms with Gasteiger partial charge in [0.1, 0.15) is 11.5 Å². The lowest BCUT2D eigenvalue weighted by Gasteiger charge is -2.26. The first kappa shape index (κ1) is 25.1. The Hall–Kier alpha value is -3.59. The summed E-state index contributed by atoms with van der Waals surface area (Å²) in [5.41, 5.74) is 3.73. The quantitative estimate of drug-likeness (QED) is 0.507. The van der Waals surface area contributed by atoms with Gasteiger partial charge in [0, 0.05) is 37.7 Å². The number of aromatic nitrogens is 3. The van der Waals surface area contributed by atoms with Crippen LogP contribution < -0.4 is 10.2 Å². The number of piperidine rings is 1. The van der Waals surface area contributed by atoms with Crippen molar-refractivity contribution in [1.29, 1.82) is 0 Å². The number of aryl methyl sites for hydroxylation is 1. The van der Waals surface area contributed by atoms with Gasteiger partial charge in [-0.15, -0.1) is 0 Å². The summed E-state index contributed by atoms with van der Waals surface area (Å²) in [4.78, 5) is 38.4. The molecule has 9 heteroatoms. The number of carbonyl (C=O) groups is 2. The predicted molar refractivity (Wildman–Crippen MR) is 142 cm³/mol. The summed E-state index contributed by atoms with van der Waals surface area (Å²) in [6, 6.07) is 10.4. The topological polar surface area (TPSA) is 83.4 Å². The molecule has 2 aliphatic heterocycles. The van der Waals surface area contributed by atoms with E-state index in [-0.39, 0.29) is 17.5 Å². The van der Waals surface area contributed by atoms with E-state index in [0.717, 1.165) is 37.4 Å². The molecule has 2 aromatic heterocycles. The molecule has 2 amide bonds. The van der Waals surface area contributed by atoms with Gasteiger partial charge in [-0.25, -0.2) is 9.37 Å². The molecular weight excluding hydrogens is 471 g/mol. The number of imidazole rings is 1. The van der Waals surface area contributed by atoms with E-state index >= 15 is 0 Å². The number of carbonyl (C=O) groups excluding carboxylic acids is 2. The van der Waals surface area contributed by atoms with E-state index in [9.17, 15) is 14.0 Å². The van der Waals surface area contributed by atoms with E-state index in [4.69, 9.17) is 4.98 Å². The summed E-state index contributed by atoms with van der Waals surface area (Å²) < 4.78 is 16.8. The van der Waals surface area contributed by atoms with Crippen molar-refractivity contribution in [3.8, 4) is 22.6 Å². The highest BCUT2D eigenvalue weighted by molar-refractivity contribution is 5.94. The Morgan fingerprint density at radius 1 is 1.03 bits per heavy atom. The second-order valence-electron chi connectivity index (χ2n) is 9.84. The molecule has 5 rings (SSSR count). The van der Waals surface area contributed by atoms with Crippen molar-refractivity contribution < 1.29 is 14.0 Å². The molecule has 194 valence electrons. The molecule has 0 spiro atoms. The molecule has 0 saturated carbocycles. The van der Waals surface area contributed by atoms with Crippen molar-refractivity contribution in [1.82, 2.24) is 19.4 Å². The van der Waals surface area contributed by atoms with Crippen LogP contribution >= 0.6 is 0 Å². The normalized spacial score (nSPS) is 15.6. The van der Waals surface area contributed by atoms with E-state index in [1.807, 2.05) is 29.7 Å². The van der Waals surface area contributed by atoms with Crippen LogP contribution in [0.25, 0.3) is 22.6 Å². The summed E-state index contributed by atoms with van der Waals surface area (Å²) in [5, 5.41) is 2.77. The van der Waals surface area contributed by atoms with Gasteiger partial charge >= 0.3 is 0 Å². The maximum Gasteiger partial charge on any atom is 0.226 e. The van der Waals surface area contributed by atoms with Crippen LogP contribution in [0.4, 0.5) is 16.0 Å². The number of nitrogens with zero attached hydrogens (tertiary/aromatic N) is 5. The van der Waals surface area contributed by atoms with Crippen LogP contribution in [0.5, 0.6) is 0 Å². The van der Waals surface area contributed by atoms with E-state index < -0.39 is 5.82 Å². The van der Waals surface area contributed by atoms with Crippen molar-refractivity contribution in [2.75, 3.05) is 36.4 Å². The number of pyridine rings is 1. The van der Waals surface area contributed by atoms with Gasteiger partial charge in [0.15, 0.2) is 0 Å². The number of amides is 2. The lowest BCUT2D eigenvalue weighted by molar-refractivity contribution is -0.117. The van der Waals surface area contributed by atoms with Crippen molar-refractivity contribution in [2.45, 2.75) is 52.5 Å². The Labute approximate surface area is 216 Å². The molecule has 1 aromatic carbocycles. The Morgan fingerprint density at radius 2 is 1.84 bits per heavy atom. The van der Waals surface area contributed by atoms with E-state index in [1.165, 1.54) is 32.3 Å². The Balaban J connectivity index is 1.42. The van der Waals surface area contributed by atoms with Crippen LogP contribution in [-0.2, 0) is 16.1 Å². The zero-order valence-electron chi connectivity index (χ0n) is 21.5. The number of halogens is 1. The SMILES string of the molecule is CC(=O)N1CCn2c1nc(-c1cccc(C)n1)c2-c1ccc(F)c(NC(=O)CCCN2CCCCC2)c1. The number of likely N-dealkylation sites (tertiary alicyclic amines) is 1. The smallest absolute Gasteiger partial charge is 0.226 e.